The highest BCUT2D eigenvalue weighted by Crippen LogP contribution is 2.62. The molecule has 3 atom stereocenters. The van der Waals surface area contributed by atoms with Crippen molar-refractivity contribution in [3.05, 3.63) is 53.6 Å². The van der Waals surface area contributed by atoms with Crippen LogP contribution in [0.5, 0.6) is 0 Å². The van der Waals surface area contributed by atoms with Crippen LogP contribution in [-0.2, 0) is 23.7 Å². The predicted molar refractivity (Wildman–Crippen MR) is 95.1 cm³/mol. The Hall–Kier alpha value is -2.14. The lowest BCUT2D eigenvalue weighted by Gasteiger charge is -2.36. The average Bonchev–Trinajstić information content (AvgIpc) is 3.03. The number of carbonyl (C=O) groups excluding carboxylic acids is 1. The van der Waals surface area contributed by atoms with Crippen LogP contribution in [0.3, 0.4) is 0 Å². The Bertz CT molecular complexity index is 829. The fourth-order valence-electron chi connectivity index (χ4n) is 5.02. The molecule has 2 aromatic rings. The molecule has 5 rings (SSSR count). The average molecular weight is 336 g/mol. The molecule has 130 valence electrons. The van der Waals surface area contributed by atoms with E-state index >= 15 is 0 Å². The van der Waals surface area contributed by atoms with E-state index in [1.807, 2.05) is 24.0 Å². The summed E-state index contributed by atoms with van der Waals surface area (Å²) in [6, 6.07) is 8.74. The van der Waals surface area contributed by atoms with E-state index in [-0.39, 0.29) is 17.4 Å². The number of benzene rings is 1. The third-order valence-electron chi connectivity index (χ3n) is 6.45. The summed E-state index contributed by atoms with van der Waals surface area (Å²) in [4.78, 5) is 20.0. The molecule has 3 aliphatic rings. The lowest BCUT2D eigenvalue weighted by Crippen LogP contribution is -2.50. The van der Waals surface area contributed by atoms with E-state index in [1.165, 1.54) is 11.1 Å². The van der Waals surface area contributed by atoms with Crippen molar-refractivity contribution in [3.8, 4) is 0 Å². The van der Waals surface area contributed by atoms with Gasteiger partial charge in [-0.3, -0.25) is 4.79 Å². The number of hydrogen-bond acceptors (Lipinski definition) is 3. The van der Waals surface area contributed by atoms with Crippen molar-refractivity contribution in [2.75, 3.05) is 19.6 Å². The van der Waals surface area contributed by atoms with Gasteiger partial charge in [0.2, 0.25) is 5.91 Å². The molecular weight excluding hydrogens is 312 g/mol. The second-order valence-corrected chi connectivity index (χ2v) is 7.72. The van der Waals surface area contributed by atoms with Crippen molar-refractivity contribution in [2.24, 2.45) is 13.0 Å². The number of nitrogens with one attached hydrogen (secondary N) is 1. The van der Waals surface area contributed by atoms with Crippen molar-refractivity contribution in [1.29, 1.82) is 0 Å². The minimum absolute atomic E-state index is 0.0375. The molecule has 2 fully saturated rings. The maximum absolute atomic E-state index is 13.4. The van der Waals surface area contributed by atoms with Crippen LogP contribution in [0.25, 0.3) is 0 Å². The Morgan fingerprint density at radius 2 is 2.24 bits per heavy atom. The highest BCUT2D eigenvalue weighted by Gasteiger charge is 2.62. The Kier molecular flexibility index (Phi) is 3.29. The van der Waals surface area contributed by atoms with E-state index in [2.05, 4.69) is 39.5 Å². The number of amides is 1. The van der Waals surface area contributed by atoms with Gasteiger partial charge in [-0.05, 0) is 30.4 Å². The van der Waals surface area contributed by atoms with Crippen LogP contribution in [0.2, 0.25) is 0 Å². The first-order valence-corrected chi connectivity index (χ1v) is 9.27. The molecular formula is C20H24N4O. The van der Waals surface area contributed by atoms with Gasteiger partial charge in [-0.15, -0.1) is 0 Å². The fourth-order valence-corrected chi connectivity index (χ4v) is 5.02. The standard InChI is InChI=1S/C20H24N4O/c1-23-10-9-22-18(23)17-13-21-8-11-24(17)19(25)16-12-20(16)7-6-14-4-2-3-5-15(14)20/h2-5,9-10,16-17,21H,6-8,11-13H2,1H3. The summed E-state index contributed by atoms with van der Waals surface area (Å²) in [5.74, 6) is 1.45. The Morgan fingerprint density at radius 3 is 3.08 bits per heavy atom. The molecule has 1 saturated heterocycles. The Balaban J connectivity index is 1.42. The number of aryl methyl sites for hydroxylation is 2. The lowest BCUT2D eigenvalue weighted by atomic mass is 9.94. The van der Waals surface area contributed by atoms with Gasteiger partial charge in [0.05, 0.1) is 0 Å². The zero-order valence-electron chi connectivity index (χ0n) is 14.6. The van der Waals surface area contributed by atoms with Crippen LogP contribution < -0.4 is 5.32 Å². The molecule has 5 nitrogen and oxygen atoms in total. The summed E-state index contributed by atoms with van der Waals surface area (Å²) in [6.07, 6.45) is 7.03. The largest absolute Gasteiger partial charge is 0.336 e. The molecule has 2 aliphatic carbocycles. The van der Waals surface area contributed by atoms with Crippen molar-refractivity contribution in [2.45, 2.75) is 30.7 Å². The summed E-state index contributed by atoms with van der Waals surface area (Å²) in [5.41, 5.74) is 2.99. The van der Waals surface area contributed by atoms with Gasteiger partial charge < -0.3 is 14.8 Å². The molecule has 1 amide bonds. The summed E-state index contributed by atoms with van der Waals surface area (Å²) in [5, 5.41) is 3.42. The predicted octanol–water partition coefficient (Wildman–Crippen LogP) is 1.80. The number of piperazine rings is 1. The molecule has 1 aromatic carbocycles. The zero-order chi connectivity index (χ0) is 17.0. The second-order valence-electron chi connectivity index (χ2n) is 7.72. The molecule has 3 unspecified atom stereocenters. The zero-order valence-corrected chi connectivity index (χ0v) is 14.6. The molecule has 1 aliphatic heterocycles. The summed E-state index contributed by atoms with van der Waals surface area (Å²) in [7, 11) is 2.01. The van der Waals surface area contributed by atoms with Crippen molar-refractivity contribution < 1.29 is 4.79 Å². The number of hydrogen-bond donors (Lipinski definition) is 1. The van der Waals surface area contributed by atoms with E-state index in [1.54, 1.807) is 0 Å². The summed E-state index contributed by atoms with van der Waals surface area (Å²) in [6.45, 7) is 2.42. The van der Waals surface area contributed by atoms with Crippen LogP contribution in [0.1, 0.15) is 35.8 Å². The number of aromatic nitrogens is 2. The topological polar surface area (TPSA) is 50.2 Å². The van der Waals surface area contributed by atoms with Gasteiger partial charge in [0.15, 0.2) is 0 Å². The van der Waals surface area contributed by atoms with Gasteiger partial charge in [0, 0.05) is 50.4 Å². The van der Waals surface area contributed by atoms with Gasteiger partial charge in [-0.2, -0.15) is 0 Å². The molecule has 5 heteroatoms. The third kappa shape index (κ3) is 2.18. The Morgan fingerprint density at radius 1 is 1.36 bits per heavy atom. The summed E-state index contributed by atoms with van der Waals surface area (Å²) >= 11 is 0. The molecule has 0 bridgehead atoms. The quantitative estimate of drug-likeness (QED) is 0.910. The fraction of sp³-hybridized carbons (Fsp3) is 0.500. The monoisotopic (exact) mass is 336 g/mol. The Labute approximate surface area is 148 Å². The SMILES string of the molecule is Cn1ccnc1C1CNCCN1C(=O)C1CC12CCc1ccccc12. The van der Waals surface area contributed by atoms with E-state index < -0.39 is 0 Å². The van der Waals surface area contributed by atoms with Gasteiger partial charge in [-0.25, -0.2) is 4.98 Å². The highest BCUT2D eigenvalue weighted by molar-refractivity contribution is 5.85. The van der Waals surface area contributed by atoms with Gasteiger partial charge >= 0.3 is 0 Å². The second kappa shape index (κ2) is 5.43. The van der Waals surface area contributed by atoms with Crippen LogP contribution in [0.4, 0.5) is 0 Å². The molecule has 0 radical (unpaired) electrons. The number of fused-ring (bicyclic) bond motifs is 2. The number of nitrogens with zero attached hydrogens (tertiary/aromatic N) is 3. The third-order valence-corrected chi connectivity index (χ3v) is 6.45. The van der Waals surface area contributed by atoms with Crippen molar-refractivity contribution >= 4 is 5.91 Å². The van der Waals surface area contributed by atoms with Gasteiger partial charge in [0.25, 0.3) is 0 Å². The van der Waals surface area contributed by atoms with Crippen molar-refractivity contribution in [3.63, 3.8) is 0 Å². The smallest absolute Gasteiger partial charge is 0.227 e. The molecule has 1 aromatic heterocycles. The van der Waals surface area contributed by atoms with E-state index in [9.17, 15) is 4.79 Å². The van der Waals surface area contributed by atoms with E-state index in [4.69, 9.17) is 0 Å². The highest BCUT2D eigenvalue weighted by atomic mass is 16.2. The van der Waals surface area contributed by atoms with Crippen LogP contribution in [0, 0.1) is 5.92 Å². The van der Waals surface area contributed by atoms with E-state index in [0.29, 0.717) is 5.91 Å². The van der Waals surface area contributed by atoms with E-state index in [0.717, 1.165) is 44.7 Å². The van der Waals surface area contributed by atoms with Crippen LogP contribution >= 0.6 is 0 Å². The minimum atomic E-state index is 0.0375. The molecule has 2 heterocycles. The number of rotatable bonds is 2. The molecule has 25 heavy (non-hydrogen) atoms. The summed E-state index contributed by atoms with van der Waals surface area (Å²) < 4.78 is 2.03. The first-order chi connectivity index (χ1) is 12.2. The van der Waals surface area contributed by atoms with Gasteiger partial charge in [-0.1, -0.05) is 24.3 Å². The normalized spacial score (nSPS) is 30.5. The first-order valence-electron chi connectivity index (χ1n) is 9.27. The number of imidazole rings is 1. The number of carbonyl (C=O) groups is 1. The molecule has 1 N–H and O–H groups in total. The van der Waals surface area contributed by atoms with Crippen LogP contribution in [-0.4, -0.2) is 40.0 Å². The maximum atomic E-state index is 13.4. The lowest BCUT2D eigenvalue weighted by molar-refractivity contribution is -0.136. The maximum Gasteiger partial charge on any atom is 0.227 e. The van der Waals surface area contributed by atoms with Gasteiger partial charge in [0.1, 0.15) is 11.9 Å². The van der Waals surface area contributed by atoms with Crippen LogP contribution in [0.15, 0.2) is 36.7 Å². The first kappa shape index (κ1) is 15.1. The molecule has 1 saturated carbocycles. The van der Waals surface area contributed by atoms with Crippen molar-refractivity contribution in [1.82, 2.24) is 19.8 Å². The molecule has 1 spiro atoms. The minimum Gasteiger partial charge on any atom is -0.336 e.